The molecule has 1 heterocycles. The van der Waals surface area contributed by atoms with Gasteiger partial charge in [0.25, 0.3) is 5.91 Å². The molecule has 0 aliphatic heterocycles. The van der Waals surface area contributed by atoms with Crippen molar-refractivity contribution in [2.75, 3.05) is 18.1 Å². The monoisotopic (exact) mass is 325 g/mol. The maximum absolute atomic E-state index is 12.4. The highest BCUT2D eigenvalue weighted by molar-refractivity contribution is 7.91. The Morgan fingerprint density at radius 3 is 2.62 bits per heavy atom. The third kappa shape index (κ3) is 5.66. The Hall–Kier alpha value is -1.71. The molecule has 0 spiro atoms. The molecule has 0 aromatic carbocycles. The summed E-state index contributed by atoms with van der Waals surface area (Å²) in [5, 5.41) is 2.28. The van der Waals surface area contributed by atoms with Gasteiger partial charge >= 0.3 is 6.18 Å². The maximum Gasteiger partial charge on any atom is 0.433 e. The highest BCUT2D eigenvalue weighted by atomic mass is 32.2. The van der Waals surface area contributed by atoms with Crippen LogP contribution in [0.2, 0.25) is 0 Å². The fourth-order valence-electron chi connectivity index (χ4n) is 1.34. The first-order chi connectivity index (χ1) is 9.65. The number of sulfone groups is 1. The van der Waals surface area contributed by atoms with E-state index in [0.717, 1.165) is 6.20 Å². The highest BCUT2D eigenvalue weighted by Gasteiger charge is 2.33. The average Bonchev–Trinajstić information content (AvgIpc) is 2.42. The van der Waals surface area contributed by atoms with Crippen molar-refractivity contribution >= 4 is 15.7 Å². The van der Waals surface area contributed by atoms with Crippen molar-refractivity contribution in [3.8, 4) is 0 Å². The standard InChI is InChI=1S/C11H14F3N3O3S/c1-2-21(19,20)7-3-5-16-10(18)9-15-6-4-8(17-9)11(12,13)14/h4,6H,2-3,5,7H2,1H3,(H,16,18). The van der Waals surface area contributed by atoms with Crippen LogP contribution in [0.25, 0.3) is 0 Å². The molecular formula is C11H14F3N3O3S. The predicted molar refractivity (Wildman–Crippen MR) is 68.3 cm³/mol. The third-order valence-electron chi connectivity index (χ3n) is 2.51. The summed E-state index contributed by atoms with van der Waals surface area (Å²) in [4.78, 5) is 18.1. The van der Waals surface area contributed by atoms with Crippen molar-refractivity contribution in [2.24, 2.45) is 0 Å². The molecule has 1 aromatic rings. The van der Waals surface area contributed by atoms with Crippen LogP contribution < -0.4 is 5.32 Å². The van der Waals surface area contributed by atoms with Crippen LogP contribution in [-0.4, -0.2) is 42.3 Å². The number of amides is 1. The van der Waals surface area contributed by atoms with Gasteiger partial charge in [0.2, 0.25) is 5.82 Å². The molecule has 0 bridgehead atoms. The Bertz CT molecular complexity index is 602. The highest BCUT2D eigenvalue weighted by Crippen LogP contribution is 2.26. The van der Waals surface area contributed by atoms with Crippen molar-refractivity contribution in [1.82, 2.24) is 15.3 Å². The van der Waals surface area contributed by atoms with Crippen molar-refractivity contribution in [3.05, 3.63) is 23.8 Å². The summed E-state index contributed by atoms with van der Waals surface area (Å²) in [6.07, 6.45) is -3.65. The van der Waals surface area contributed by atoms with Crippen LogP contribution in [0.3, 0.4) is 0 Å². The summed E-state index contributed by atoms with van der Waals surface area (Å²) in [6.45, 7) is 1.52. The predicted octanol–water partition coefficient (Wildman–Crippen LogP) is 1.05. The second kappa shape index (κ2) is 6.83. The molecule has 0 atom stereocenters. The molecule has 1 amide bonds. The maximum atomic E-state index is 12.4. The van der Waals surface area contributed by atoms with Crippen molar-refractivity contribution in [3.63, 3.8) is 0 Å². The van der Waals surface area contributed by atoms with E-state index in [2.05, 4.69) is 15.3 Å². The first-order valence-corrected chi connectivity index (χ1v) is 7.86. The van der Waals surface area contributed by atoms with Crippen LogP contribution in [0.1, 0.15) is 29.7 Å². The smallest absolute Gasteiger partial charge is 0.349 e. The Balaban J connectivity index is 2.57. The van der Waals surface area contributed by atoms with Crippen molar-refractivity contribution in [1.29, 1.82) is 0 Å². The molecular weight excluding hydrogens is 311 g/mol. The molecule has 0 saturated carbocycles. The van der Waals surface area contributed by atoms with Gasteiger partial charge in [-0.3, -0.25) is 4.79 Å². The van der Waals surface area contributed by atoms with Crippen LogP contribution in [-0.2, 0) is 16.0 Å². The SMILES string of the molecule is CCS(=O)(=O)CCCNC(=O)c1nccc(C(F)(F)F)n1. The Morgan fingerprint density at radius 1 is 1.38 bits per heavy atom. The van der Waals surface area contributed by atoms with Crippen molar-refractivity contribution in [2.45, 2.75) is 19.5 Å². The molecule has 6 nitrogen and oxygen atoms in total. The van der Waals surface area contributed by atoms with E-state index in [-0.39, 0.29) is 24.5 Å². The molecule has 1 aromatic heterocycles. The average molecular weight is 325 g/mol. The molecule has 0 unspecified atom stereocenters. The van der Waals surface area contributed by atoms with Gasteiger partial charge in [-0.25, -0.2) is 18.4 Å². The molecule has 0 aliphatic rings. The second-order valence-electron chi connectivity index (χ2n) is 4.11. The molecule has 0 fully saturated rings. The van der Waals surface area contributed by atoms with E-state index in [0.29, 0.717) is 6.07 Å². The Labute approximate surface area is 119 Å². The zero-order valence-electron chi connectivity index (χ0n) is 11.1. The van der Waals surface area contributed by atoms with E-state index >= 15 is 0 Å². The summed E-state index contributed by atoms with van der Waals surface area (Å²) < 4.78 is 59.7. The number of aromatic nitrogens is 2. The molecule has 1 rings (SSSR count). The molecule has 21 heavy (non-hydrogen) atoms. The number of carbonyl (C=O) groups is 1. The van der Waals surface area contributed by atoms with Gasteiger partial charge in [0.15, 0.2) is 0 Å². The summed E-state index contributed by atoms with van der Waals surface area (Å²) in [7, 11) is -3.14. The first-order valence-electron chi connectivity index (χ1n) is 6.04. The zero-order chi connectivity index (χ0) is 16.1. The lowest BCUT2D eigenvalue weighted by molar-refractivity contribution is -0.141. The second-order valence-corrected chi connectivity index (χ2v) is 6.58. The normalized spacial score (nSPS) is 12.2. The zero-order valence-corrected chi connectivity index (χ0v) is 12.0. The van der Waals surface area contributed by atoms with Gasteiger partial charge in [-0.1, -0.05) is 6.92 Å². The van der Waals surface area contributed by atoms with Gasteiger partial charge in [0.05, 0.1) is 5.75 Å². The van der Waals surface area contributed by atoms with Crippen LogP contribution in [0.4, 0.5) is 13.2 Å². The van der Waals surface area contributed by atoms with E-state index < -0.39 is 33.4 Å². The van der Waals surface area contributed by atoms with Gasteiger partial charge in [0, 0.05) is 18.5 Å². The lowest BCUT2D eigenvalue weighted by Crippen LogP contribution is -2.28. The number of halogens is 3. The number of hydrogen-bond donors (Lipinski definition) is 1. The van der Waals surface area contributed by atoms with Gasteiger partial charge in [-0.05, 0) is 12.5 Å². The minimum absolute atomic E-state index is 0.00230. The largest absolute Gasteiger partial charge is 0.433 e. The fraction of sp³-hybridized carbons (Fsp3) is 0.545. The summed E-state index contributed by atoms with van der Waals surface area (Å²) in [6, 6.07) is 0.657. The van der Waals surface area contributed by atoms with E-state index in [4.69, 9.17) is 0 Å². The van der Waals surface area contributed by atoms with Crippen LogP contribution in [0.15, 0.2) is 12.3 Å². The summed E-state index contributed by atoms with van der Waals surface area (Å²) in [5.41, 5.74) is -1.21. The Morgan fingerprint density at radius 2 is 2.05 bits per heavy atom. The molecule has 10 heteroatoms. The lowest BCUT2D eigenvalue weighted by Gasteiger charge is -2.07. The number of nitrogens with one attached hydrogen (secondary N) is 1. The Kier molecular flexibility index (Phi) is 5.64. The lowest BCUT2D eigenvalue weighted by atomic mass is 10.4. The van der Waals surface area contributed by atoms with Crippen LogP contribution >= 0.6 is 0 Å². The van der Waals surface area contributed by atoms with Gasteiger partial charge in [0.1, 0.15) is 15.5 Å². The number of rotatable bonds is 6. The molecule has 0 radical (unpaired) electrons. The van der Waals surface area contributed by atoms with Gasteiger partial charge < -0.3 is 5.32 Å². The molecule has 118 valence electrons. The van der Waals surface area contributed by atoms with E-state index in [9.17, 15) is 26.4 Å². The molecule has 0 aliphatic carbocycles. The minimum Gasteiger partial charge on any atom is -0.349 e. The molecule has 1 N–H and O–H groups in total. The summed E-state index contributed by atoms with van der Waals surface area (Å²) >= 11 is 0. The third-order valence-corrected chi connectivity index (χ3v) is 4.30. The fourth-order valence-corrected chi connectivity index (χ4v) is 2.22. The minimum atomic E-state index is -4.66. The van der Waals surface area contributed by atoms with Crippen LogP contribution in [0, 0.1) is 0 Å². The van der Waals surface area contributed by atoms with E-state index in [1.54, 1.807) is 0 Å². The number of hydrogen-bond acceptors (Lipinski definition) is 5. The van der Waals surface area contributed by atoms with Gasteiger partial charge in [-0.2, -0.15) is 13.2 Å². The van der Waals surface area contributed by atoms with Gasteiger partial charge in [-0.15, -0.1) is 0 Å². The topological polar surface area (TPSA) is 89.0 Å². The quantitative estimate of drug-likeness (QED) is 0.790. The molecule has 0 saturated heterocycles. The summed E-state index contributed by atoms with van der Waals surface area (Å²) in [5.74, 6) is -1.59. The van der Waals surface area contributed by atoms with E-state index in [1.165, 1.54) is 6.92 Å². The number of nitrogens with zero attached hydrogens (tertiary/aromatic N) is 2. The number of carbonyl (C=O) groups excluding carboxylic acids is 1. The first kappa shape index (κ1) is 17.3. The van der Waals surface area contributed by atoms with Crippen molar-refractivity contribution < 1.29 is 26.4 Å². The number of alkyl halides is 3. The van der Waals surface area contributed by atoms with E-state index in [1.807, 2.05) is 0 Å². The van der Waals surface area contributed by atoms with Crippen LogP contribution in [0.5, 0.6) is 0 Å².